The number of hydrogen-bond acceptors (Lipinski definition) is 4. The molecule has 1 aliphatic heterocycles. The van der Waals surface area contributed by atoms with E-state index in [1.54, 1.807) is 6.07 Å². The van der Waals surface area contributed by atoms with Crippen molar-refractivity contribution in [2.45, 2.75) is 26.3 Å². The Morgan fingerprint density at radius 2 is 2.13 bits per heavy atom. The molecule has 0 amide bonds. The van der Waals surface area contributed by atoms with Gasteiger partial charge in [0.15, 0.2) is 0 Å². The summed E-state index contributed by atoms with van der Waals surface area (Å²) < 4.78 is 5.16. The number of esters is 1. The molecule has 0 radical (unpaired) electrons. The summed E-state index contributed by atoms with van der Waals surface area (Å²) in [5.41, 5.74) is 0.938. The van der Waals surface area contributed by atoms with E-state index in [0.717, 1.165) is 35.7 Å². The van der Waals surface area contributed by atoms with Crippen molar-refractivity contribution in [1.29, 1.82) is 0 Å². The predicted molar refractivity (Wildman–Crippen MR) is 90.2 cm³/mol. The number of nitrogens with zero attached hydrogens (tertiary/aromatic N) is 1. The lowest BCUT2D eigenvalue weighted by molar-refractivity contribution is -0.150. The van der Waals surface area contributed by atoms with Gasteiger partial charge in [-0.15, -0.1) is 0 Å². The molecule has 0 saturated carbocycles. The average molecular weight is 313 g/mol. The van der Waals surface area contributed by atoms with E-state index in [9.17, 15) is 9.90 Å². The Morgan fingerprint density at radius 3 is 2.96 bits per heavy atom. The van der Waals surface area contributed by atoms with Crippen molar-refractivity contribution < 1.29 is 14.6 Å². The average Bonchev–Trinajstić information content (AvgIpc) is 2.58. The minimum absolute atomic E-state index is 0.0548. The first kappa shape index (κ1) is 15.8. The van der Waals surface area contributed by atoms with E-state index in [0.29, 0.717) is 25.4 Å². The van der Waals surface area contributed by atoms with Crippen LogP contribution in [-0.2, 0) is 16.1 Å². The van der Waals surface area contributed by atoms with Gasteiger partial charge in [0.1, 0.15) is 5.75 Å². The van der Waals surface area contributed by atoms with Gasteiger partial charge in [0, 0.05) is 18.7 Å². The topological polar surface area (TPSA) is 49.8 Å². The fourth-order valence-corrected chi connectivity index (χ4v) is 3.37. The number of phenolic OH excluding ortho intramolecular Hbond substituents is 1. The summed E-state index contributed by atoms with van der Waals surface area (Å²) in [5, 5.41) is 12.5. The normalized spacial score (nSPS) is 18.9. The molecule has 4 nitrogen and oxygen atoms in total. The van der Waals surface area contributed by atoms with Crippen molar-refractivity contribution in [3.8, 4) is 5.75 Å². The van der Waals surface area contributed by atoms with Gasteiger partial charge in [0.05, 0.1) is 12.5 Å². The number of phenols is 1. The van der Waals surface area contributed by atoms with Gasteiger partial charge < -0.3 is 9.84 Å². The SMILES string of the molecule is CCOC(=O)[C@@H]1CCCN(Cc2c(O)ccc3ccccc23)C1. The third-order valence-corrected chi connectivity index (χ3v) is 4.52. The molecule has 1 N–H and O–H groups in total. The molecule has 1 atom stereocenters. The van der Waals surface area contributed by atoms with Gasteiger partial charge in [-0.1, -0.05) is 30.3 Å². The van der Waals surface area contributed by atoms with Gasteiger partial charge in [-0.25, -0.2) is 0 Å². The number of fused-ring (bicyclic) bond motifs is 1. The summed E-state index contributed by atoms with van der Waals surface area (Å²) >= 11 is 0. The predicted octanol–water partition coefficient (Wildman–Crippen LogP) is 3.32. The van der Waals surface area contributed by atoms with E-state index in [1.165, 1.54) is 0 Å². The molecule has 1 aliphatic rings. The molecule has 0 aliphatic carbocycles. The molecule has 1 fully saturated rings. The van der Waals surface area contributed by atoms with Crippen LogP contribution in [0, 0.1) is 5.92 Å². The van der Waals surface area contributed by atoms with Crippen molar-refractivity contribution in [1.82, 2.24) is 4.90 Å². The van der Waals surface area contributed by atoms with Crippen LogP contribution in [0.15, 0.2) is 36.4 Å². The highest BCUT2D eigenvalue weighted by Crippen LogP contribution is 2.30. The molecule has 1 heterocycles. The highest BCUT2D eigenvalue weighted by atomic mass is 16.5. The smallest absolute Gasteiger partial charge is 0.310 e. The monoisotopic (exact) mass is 313 g/mol. The molecule has 3 rings (SSSR count). The summed E-state index contributed by atoms with van der Waals surface area (Å²) in [6, 6.07) is 11.8. The Labute approximate surface area is 136 Å². The minimum Gasteiger partial charge on any atom is -0.508 e. The molecule has 23 heavy (non-hydrogen) atoms. The summed E-state index contributed by atoms with van der Waals surface area (Å²) in [6.07, 6.45) is 1.87. The number of benzene rings is 2. The molecular weight excluding hydrogens is 290 g/mol. The van der Waals surface area contributed by atoms with E-state index >= 15 is 0 Å². The third-order valence-electron chi connectivity index (χ3n) is 4.52. The van der Waals surface area contributed by atoms with Crippen LogP contribution in [0.3, 0.4) is 0 Å². The number of aromatic hydroxyl groups is 1. The fraction of sp³-hybridized carbons (Fsp3) is 0.421. The van der Waals surface area contributed by atoms with Crippen molar-refractivity contribution in [2.75, 3.05) is 19.7 Å². The minimum atomic E-state index is -0.0978. The van der Waals surface area contributed by atoms with Crippen LogP contribution < -0.4 is 0 Å². The van der Waals surface area contributed by atoms with Gasteiger partial charge in [0.2, 0.25) is 0 Å². The molecule has 0 unspecified atom stereocenters. The van der Waals surface area contributed by atoms with Gasteiger partial charge >= 0.3 is 5.97 Å². The zero-order chi connectivity index (χ0) is 16.2. The maximum atomic E-state index is 12.0. The maximum Gasteiger partial charge on any atom is 0.310 e. The quantitative estimate of drug-likeness (QED) is 0.880. The molecule has 1 saturated heterocycles. The van der Waals surface area contributed by atoms with Crippen LogP contribution in [0.5, 0.6) is 5.75 Å². The molecule has 2 aromatic carbocycles. The van der Waals surface area contributed by atoms with Crippen LogP contribution in [0.2, 0.25) is 0 Å². The molecule has 122 valence electrons. The zero-order valence-electron chi connectivity index (χ0n) is 13.5. The third kappa shape index (κ3) is 3.48. The van der Waals surface area contributed by atoms with E-state index in [2.05, 4.69) is 11.0 Å². The van der Waals surface area contributed by atoms with Gasteiger partial charge in [-0.05, 0) is 43.1 Å². The number of carbonyl (C=O) groups excluding carboxylic acids is 1. The number of piperidine rings is 1. The van der Waals surface area contributed by atoms with Gasteiger partial charge in [-0.3, -0.25) is 9.69 Å². The number of carbonyl (C=O) groups is 1. The standard InChI is InChI=1S/C19H23NO3/c1-2-23-19(22)15-7-5-11-20(12-15)13-17-16-8-4-3-6-14(16)9-10-18(17)21/h3-4,6,8-10,15,21H,2,5,7,11-13H2,1H3/t15-/m1/s1. The Bertz CT molecular complexity index is 698. The van der Waals surface area contributed by atoms with Gasteiger partial charge in [-0.2, -0.15) is 0 Å². The summed E-state index contributed by atoms with van der Waals surface area (Å²) in [6.45, 7) is 4.56. The van der Waals surface area contributed by atoms with E-state index in [1.807, 2.05) is 31.2 Å². The molecule has 0 spiro atoms. The van der Waals surface area contributed by atoms with E-state index < -0.39 is 0 Å². The molecule has 0 aromatic heterocycles. The summed E-state index contributed by atoms with van der Waals surface area (Å²) in [7, 11) is 0. The molecular formula is C19H23NO3. The largest absolute Gasteiger partial charge is 0.508 e. The second-order valence-corrected chi connectivity index (χ2v) is 6.11. The molecule has 4 heteroatoms. The summed E-state index contributed by atoms with van der Waals surface area (Å²) in [4.78, 5) is 14.2. The van der Waals surface area contributed by atoms with E-state index in [4.69, 9.17) is 4.74 Å². The van der Waals surface area contributed by atoms with Crippen LogP contribution in [-0.4, -0.2) is 35.7 Å². The lowest BCUT2D eigenvalue weighted by Gasteiger charge is -2.31. The lowest BCUT2D eigenvalue weighted by Crippen LogP contribution is -2.39. The zero-order valence-corrected chi connectivity index (χ0v) is 13.5. The number of ether oxygens (including phenoxy) is 1. The van der Waals surface area contributed by atoms with Crippen molar-refractivity contribution in [3.63, 3.8) is 0 Å². The van der Waals surface area contributed by atoms with Crippen LogP contribution in [0.1, 0.15) is 25.3 Å². The van der Waals surface area contributed by atoms with Gasteiger partial charge in [0.25, 0.3) is 0 Å². The van der Waals surface area contributed by atoms with Crippen molar-refractivity contribution in [2.24, 2.45) is 5.92 Å². The fourth-order valence-electron chi connectivity index (χ4n) is 3.37. The van der Waals surface area contributed by atoms with E-state index in [-0.39, 0.29) is 11.9 Å². The Balaban J connectivity index is 1.79. The van der Waals surface area contributed by atoms with Crippen molar-refractivity contribution >= 4 is 16.7 Å². The molecule has 2 aromatic rings. The highest BCUT2D eigenvalue weighted by Gasteiger charge is 2.27. The van der Waals surface area contributed by atoms with Crippen molar-refractivity contribution in [3.05, 3.63) is 42.0 Å². The lowest BCUT2D eigenvalue weighted by atomic mass is 9.96. The first-order valence-electron chi connectivity index (χ1n) is 8.27. The number of hydrogen-bond donors (Lipinski definition) is 1. The second kappa shape index (κ2) is 7.01. The highest BCUT2D eigenvalue weighted by molar-refractivity contribution is 5.87. The number of likely N-dealkylation sites (tertiary alicyclic amines) is 1. The first-order valence-corrected chi connectivity index (χ1v) is 8.27. The van der Waals surface area contributed by atoms with Crippen LogP contribution in [0.4, 0.5) is 0 Å². The van der Waals surface area contributed by atoms with Crippen LogP contribution in [0.25, 0.3) is 10.8 Å². The Hall–Kier alpha value is -2.07. The van der Waals surface area contributed by atoms with Crippen LogP contribution >= 0.6 is 0 Å². The second-order valence-electron chi connectivity index (χ2n) is 6.11. The Kier molecular flexibility index (Phi) is 4.82. The first-order chi connectivity index (χ1) is 11.2. The number of rotatable bonds is 4. The molecule has 0 bridgehead atoms. The maximum absolute atomic E-state index is 12.0. The summed E-state index contributed by atoms with van der Waals surface area (Å²) in [5.74, 6) is 0.169. The Morgan fingerprint density at radius 1 is 1.30 bits per heavy atom.